The number of hydrogen-bond acceptors (Lipinski definition) is 2. The van der Waals surface area contributed by atoms with Crippen LogP contribution in [0.1, 0.15) is 24.5 Å². The molecule has 0 amide bonds. The summed E-state index contributed by atoms with van der Waals surface area (Å²) in [6.07, 6.45) is 1.77. The Labute approximate surface area is 88.9 Å². The lowest BCUT2D eigenvalue weighted by Crippen LogP contribution is -2.06. The Morgan fingerprint density at radius 3 is 3.00 bits per heavy atom. The Kier molecular flexibility index (Phi) is 2.64. The summed E-state index contributed by atoms with van der Waals surface area (Å²) in [5.41, 5.74) is 2.81. The SMILES string of the molecule is CC(=O)CC1Cc2c(C)cccc2S1. The third-order valence-corrected chi connectivity index (χ3v) is 3.91. The Balaban J connectivity index is 2.18. The van der Waals surface area contributed by atoms with Crippen LogP contribution in [-0.2, 0) is 11.2 Å². The molecule has 0 aliphatic carbocycles. The highest BCUT2D eigenvalue weighted by Crippen LogP contribution is 2.39. The first-order chi connectivity index (χ1) is 6.66. The van der Waals surface area contributed by atoms with Gasteiger partial charge < -0.3 is 0 Å². The summed E-state index contributed by atoms with van der Waals surface area (Å²) >= 11 is 1.86. The lowest BCUT2D eigenvalue weighted by Gasteiger charge is -2.03. The van der Waals surface area contributed by atoms with Gasteiger partial charge in [-0.25, -0.2) is 0 Å². The molecule has 0 radical (unpaired) electrons. The van der Waals surface area contributed by atoms with Crippen molar-refractivity contribution in [3.05, 3.63) is 29.3 Å². The summed E-state index contributed by atoms with van der Waals surface area (Å²) in [6, 6.07) is 6.40. The maximum absolute atomic E-state index is 11.0. The standard InChI is InChI=1S/C12H14OS/c1-8-4-3-5-12-11(8)7-10(14-12)6-9(2)13/h3-5,10H,6-7H2,1-2H3. The van der Waals surface area contributed by atoms with Crippen molar-refractivity contribution >= 4 is 17.5 Å². The predicted octanol–water partition coefficient (Wildman–Crippen LogP) is 2.99. The van der Waals surface area contributed by atoms with Gasteiger partial charge in [-0.2, -0.15) is 0 Å². The summed E-state index contributed by atoms with van der Waals surface area (Å²) < 4.78 is 0. The van der Waals surface area contributed by atoms with Crippen LogP contribution in [0.3, 0.4) is 0 Å². The zero-order valence-corrected chi connectivity index (χ0v) is 9.36. The highest BCUT2D eigenvalue weighted by atomic mass is 32.2. The average molecular weight is 206 g/mol. The molecule has 1 aliphatic rings. The first-order valence-corrected chi connectivity index (χ1v) is 5.79. The van der Waals surface area contributed by atoms with Crippen LogP contribution in [0.2, 0.25) is 0 Å². The van der Waals surface area contributed by atoms with Gasteiger partial charge in [0.1, 0.15) is 5.78 Å². The van der Waals surface area contributed by atoms with Crippen molar-refractivity contribution in [2.45, 2.75) is 36.8 Å². The van der Waals surface area contributed by atoms with Gasteiger partial charge >= 0.3 is 0 Å². The zero-order valence-electron chi connectivity index (χ0n) is 8.54. The fourth-order valence-corrected chi connectivity index (χ4v) is 3.40. The Bertz CT molecular complexity index is 371. The van der Waals surface area contributed by atoms with Gasteiger partial charge in [-0.05, 0) is 37.5 Å². The quantitative estimate of drug-likeness (QED) is 0.740. The molecule has 2 rings (SSSR count). The van der Waals surface area contributed by atoms with E-state index in [1.807, 2.05) is 11.8 Å². The van der Waals surface area contributed by atoms with E-state index < -0.39 is 0 Å². The molecule has 0 spiro atoms. The van der Waals surface area contributed by atoms with Gasteiger partial charge in [0.05, 0.1) is 0 Å². The molecule has 1 aromatic rings. The van der Waals surface area contributed by atoms with E-state index in [4.69, 9.17) is 0 Å². The Morgan fingerprint density at radius 1 is 1.57 bits per heavy atom. The minimum atomic E-state index is 0.299. The van der Waals surface area contributed by atoms with E-state index in [0.29, 0.717) is 17.5 Å². The van der Waals surface area contributed by atoms with Crippen molar-refractivity contribution in [3.8, 4) is 0 Å². The molecule has 0 N–H and O–H groups in total. The van der Waals surface area contributed by atoms with E-state index in [-0.39, 0.29) is 0 Å². The molecule has 2 heteroatoms. The molecule has 0 saturated carbocycles. The molecule has 0 aromatic heterocycles. The Morgan fingerprint density at radius 2 is 2.36 bits per heavy atom. The van der Waals surface area contributed by atoms with Crippen LogP contribution >= 0.6 is 11.8 Å². The molecule has 1 aromatic carbocycles. The van der Waals surface area contributed by atoms with Gasteiger partial charge in [-0.3, -0.25) is 4.79 Å². The van der Waals surface area contributed by atoms with E-state index in [0.717, 1.165) is 6.42 Å². The van der Waals surface area contributed by atoms with Crippen molar-refractivity contribution in [1.29, 1.82) is 0 Å². The van der Waals surface area contributed by atoms with E-state index in [9.17, 15) is 4.79 Å². The molecule has 14 heavy (non-hydrogen) atoms. The number of Topliss-reactive ketones (excluding diaryl/α,β-unsaturated/α-hetero) is 1. The summed E-state index contributed by atoms with van der Waals surface area (Å²) in [6.45, 7) is 3.83. The maximum atomic E-state index is 11.0. The van der Waals surface area contributed by atoms with E-state index in [1.54, 1.807) is 6.92 Å². The lowest BCUT2D eigenvalue weighted by atomic mass is 10.0. The van der Waals surface area contributed by atoms with E-state index >= 15 is 0 Å². The highest BCUT2D eigenvalue weighted by Gasteiger charge is 2.24. The van der Waals surface area contributed by atoms with Crippen LogP contribution in [0.4, 0.5) is 0 Å². The van der Waals surface area contributed by atoms with Gasteiger partial charge in [0.2, 0.25) is 0 Å². The fourth-order valence-electron chi connectivity index (χ4n) is 1.93. The molecule has 0 saturated heterocycles. The fraction of sp³-hybridized carbons (Fsp3) is 0.417. The monoisotopic (exact) mass is 206 g/mol. The van der Waals surface area contributed by atoms with Crippen LogP contribution in [0, 0.1) is 6.92 Å². The second-order valence-corrected chi connectivity index (χ2v) is 5.24. The number of thioether (sulfide) groups is 1. The van der Waals surface area contributed by atoms with Crippen LogP contribution in [-0.4, -0.2) is 11.0 Å². The van der Waals surface area contributed by atoms with Crippen molar-refractivity contribution in [2.24, 2.45) is 0 Å². The smallest absolute Gasteiger partial charge is 0.130 e. The van der Waals surface area contributed by atoms with Gasteiger partial charge in [0.25, 0.3) is 0 Å². The number of carbonyl (C=O) groups is 1. The van der Waals surface area contributed by atoms with E-state index in [2.05, 4.69) is 25.1 Å². The van der Waals surface area contributed by atoms with Crippen LogP contribution < -0.4 is 0 Å². The summed E-state index contributed by atoms with van der Waals surface area (Å²) in [5, 5.41) is 0.476. The zero-order chi connectivity index (χ0) is 10.1. The minimum Gasteiger partial charge on any atom is -0.300 e. The molecule has 0 bridgehead atoms. The Hall–Kier alpha value is -0.760. The van der Waals surface area contributed by atoms with Crippen LogP contribution in [0.25, 0.3) is 0 Å². The average Bonchev–Trinajstić information content (AvgIpc) is 2.47. The van der Waals surface area contributed by atoms with Crippen LogP contribution in [0.5, 0.6) is 0 Å². The van der Waals surface area contributed by atoms with Crippen molar-refractivity contribution in [3.63, 3.8) is 0 Å². The first kappa shape index (κ1) is 9.78. The minimum absolute atomic E-state index is 0.299. The number of rotatable bonds is 2. The second-order valence-electron chi connectivity index (χ2n) is 3.90. The van der Waals surface area contributed by atoms with Gasteiger partial charge in [-0.15, -0.1) is 11.8 Å². The number of aryl methyl sites for hydroxylation is 1. The predicted molar refractivity (Wildman–Crippen MR) is 59.8 cm³/mol. The molecule has 1 unspecified atom stereocenters. The summed E-state index contributed by atoms with van der Waals surface area (Å²) in [7, 11) is 0. The van der Waals surface area contributed by atoms with Crippen LogP contribution in [0.15, 0.2) is 23.1 Å². The largest absolute Gasteiger partial charge is 0.300 e. The van der Waals surface area contributed by atoms with Crippen molar-refractivity contribution in [1.82, 2.24) is 0 Å². The van der Waals surface area contributed by atoms with Gasteiger partial charge in [0.15, 0.2) is 0 Å². The molecule has 1 aliphatic heterocycles. The molecule has 74 valence electrons. The number of fused-ring (bicyclic) bond motifs is 1. The number of benzene rings is 1. The number of carbonyl (C=O) groups excluding carboxylic acids is 1. The molecule has 1 heterocycles. The summed E-state index contributed by atoms with van der Waals surface area (Å²) in [5.74, 6) is 0.299. The first-order valence-electron chi connectivity index (χ1n) is 4.91. The number of hydrogen-bond donors (Lipinski definition) is 0. The summed E-state index contributed by atoms with van der Waals surface area (Å²) in [4.78, 5) is 12.4. The number of ketones is 1. The van der Waals surface area contributed by atoms with Crippen molar-refractivity contribution < 1.29 is 4.79 Å². The molecular weight excluding hydrogens is 192 g/mol. The third kappa shape index (κ3) is 1.85. The second kappa shape index (κ2) is 3.77. The van der Waals surface area contributed by atoms with Gasteiger partial charge in [0, 0.05) is 16.6 Å². The molecular formula is C12H14OS. The normalized spacial score (nSPS) is 19.4. The molecule has 1 atom stereocenters. The lowest BCUT2D eigenvalue weighted by molar-refractivity contribution is -0.116. The third-order valence-electron chi connectivity index (χ3n) is 2.61. The highest BCUT2D eigenvalue weighted by molar-refractivity contribution is 8.00. The molecule has 1 nitrogen and oxygen atoms in total. The van der Waals surface area contributed by atoms with Gasteiger partial charge in [-0.1, -0.05) is 12.1 Å². The topological polar surface area (TPSA) is 17.1 Å². The maximum Gasteiger partial charge on any atom is 0.130 e. The van der Waals surface area contributed by atoms with E-state index in [1.165, 1.54) is 16.0 Å². The van der Waals surface area contributed by atoms with Crippen molar-refractivity contribution in [2.75, 3.05) is 0 Å². The molecule has 0 fully saturated rings.